The summed E-state index contributed by atoms with van der Waals surface area (Å²) in [4.78, 5) is 23.2. The van der Waals surface area contributed by atoms with Crippen LogP contribution in [0.2, 0.25) is 0 Å². The molecule has 2 aromatic rings. The number of aryl methyl sites for hydroxylation is 1. The van der Waals surface area contributed by atoms with Crippen LogP contribution in [0.15, 0.2) is 42.5 Å². The van der Waals surface area contributed by atoms with E-state index in [4.69, 9.17) is 5.73 Å². The molecule has 26 heavy (non-hydrogen) atoms. The molecule has 1 unspecified atom stereocenters. The average Bonchev–Trinajstić information content (AvgIpc) is 2.56. The lowest BCUT2D eigenvalue weighted by Gasteiger charge is -2.17. The fourth-order valence-electron chi connectivity index (χ4n) is 2.30. The highest BCUT2D eigenvalue weighted by Crippen LogP contribution is 2.33. The van der Waals surface area contributed by atoms with Gasteiger partial charge in [-0.1, -0.05) is 6.07 Å². The maximum absolute atomic E-state index is 13.0. The van der Waals surface area contributed by atoms with Crippen molar-refractivity contribution in [2.75, 3.05) is 10.6 Å². The minimum absolute atomic E-state index is 0.106. The number of nitrogens with one attached hydrogen (secondary N) is 2. The van der Waals surface area contributed by atoms with Crippen LogP contribution in [0.5, 0.6) is 0 Å². The van der Waals surface area contributed by atoms with E-state index in [-0.39, 0.29) is 11.3 Å². The average molecular weight is 365 g/mol. The molecule has 0 aliphatic carbocycles. The van der Waals surface area contributed by atoms with Crippen molar-refractivity contribution in [2.24, 2.45) is 5.73 Å². The van der Waals surface area contributed by atoms with Crippen molar-refractivity contribution in [3.8, 4) is 0 Å². The Morgan fingerprint density at radius 3 is 2.15 bits per heavy atom. The van der Waals surface area contributed by atoms with Crippen molar-refractivity contribution >= 4 is 23.2 Å². The normalized spacial score (nSPS) is 12.3. The molecule has 0 aromatic heterocycles. The molecule has 0 saturated carbocycles. The van der Waals surface area contributed by atoms with Crippen molar-refractivity contribution in [2.45, 2.75) is 26.1 Å². The van der Waals surface area contributed by atoms with Crippen LogP contribution in [0, 0.1) is 6.92 Å². The highest BCUT2D eigenvalue weighted by Gasteiger charge is 2.32. The molecule has 1 atom stereocenters. The van der Waals surface area contributed by atoms with Crippen molar-refractivity contribution in [3.63, 3.8) is 0 Å². The summed E-state index contributed by atoms with van der Waals surface area (Å²) in [6, 6.07) is 8.97. The van der Waals surface area contributed by atoms with Gasteiger partial charge >= 0.3 is 6.18 Å². The molecule has 0 radical (unpaired) electrons. The monoisotopic (exact) mass is 365 g/mol. The second-order valence-electron chi connectivity index (χ2n) is 5.82. The van der Waals surface area contributed by atoms with Gasteiger partial charge in [0.05, 0.1) is 5.56 Å². The zero-order valence-corrected chi connectivity index (χ0v) is 14.1. The number of halogens is 3. The first-order valence-electron chi connectivity index (χ1n) is 7.73. The summed E-state index contributed by atoms with van der Waals surface area (Å²) in [7, 11) is 0. The summed E-state index contributed by atoms with van der Waals surface area (Å²) >= 11 is 0. The number of anilines is 2. The number of primary amides is 1. The second kappa shape index (κ2) is 7.47. The van der Waals surface area contributed by atoms with E-state index in [9.17, 15) is 22.8 Å². The Morgan fingerprint density at radius 1 is 1.04 bits per heavy atom. The van der Waals surface area contributed by atoms with Crippen LogP contribution in [-0.4, -0.2) is 17.9 Å². The third-order valence-electron chi connectivity index (χ3n) is 3.76. The maximum Gasteiger partial charge on any atom is 0.416 e. The van der Waals surface area contributed by atoms with E-state index in [0.717, 1.165) is 6.07 Å². The van der Waals surface area contributed by atoms with Crippen molar-refractivity contribution < 1.29 is 22.8 Å². The maximum atomic E-state index is 13.0. The Balaban J connectivity index is 2.06. The van der Waals surface area contributed by atoms with Crippen LogP contribution < -0.4 is 16.4 Å². The van der Waals surface area contributed by atoms with Gasteiger partial charge in [0, 0.05) is 16.9 Å². The lowest BCUT2D eigenvalue weighted by Crippen LogP contribution is -2.32. The molecule has 0 spiro atoms. The van der Waals surface area contributed by atoms with Gasteiger partial charge in [-0.15, -0.1) is 0 Å². The van der Waals surface area contributed by atoms with E-state index in [2.05, 4.69) is 10.6 Å². The fraction of sp³-hybridized carbons (Fsp3) is 0.222. The molecule has 5 nitrogen and oxygen atoms in total. The number of benzene rings is 2. The second-order valence-corrected chi connectivity index (χ2v) is 5.82. The van der Waals surface area contributed by atoms with E-state index in [1.54, 1.807) is 0 Å². The van der Waals surface area contributed by atoms with Gasteiger partial charge in [-0.05, 0) is 55.8 Å². The number of carbonyl (C=O) groups is 2. The van der Waals surface area contributed by atoms with Gasteiger partial charge < -0.3 is 16.4 Å². The molecule has 2 amide bonds. The first-order chi connectivity index (χ1) is 12.1. The quantitative estimate of drug-likeness (QED) is 0.758. The van der Waals surface area contributed by atoms with Crippen LogP contribution in [0.25, 0.3) is 0 Å². The number of hydrogen-bond acceptors (Lipinski definition) is 3. The summed E-state index contributed by atoms with van der Waals surface area (Å²) < 4.78 is 38.9. The highest BCUT2D eigenvalue weighted by molar-refractivity contribution is 5.97. The van der Waals surface area contributed by atoms with Gasteiger partial charge in [0.1, 0.15) is 6.04 Å². The Labute approximate surface area is 148 Å². The molecule has 2 aromatic carbocycles. The number of rotatable bonds is 5. The molecule has 8 heteroatoms. The molecule has 0 aliphatic heterocycles. The van der Waals surface area contributed by atoms with Gasteiger partial charge in [-0.2, -0.15) is 13.2 Å². The summed E-state index contributed by atoms with van der Waals surface area (Å²) in [6.45, 7) is 2.90. The van der Waals surface area contributed by atoms with Crippen molar-refractivity contribution in [1.29, 1.82) is 0 Å². The van der Waals surface area contributed by atoms with E-state index in [0.29, 0.717) is 11.3 Å². The number of carbonyl (C=O) groups excluding carboxylic acids is 2. The molecule has 0 saturated heterocycles. The zero-order chi connectivity index (χ0) is 19.5. The predicted octanol–water partition coefficient (Wildman–Crippen LogP) is 3.55. The zero-order valence-electron chi connectivity index (χ0n) is 14.1. The Morgan fingerprint density at radius 2 is 1.62 bits per heavy atom. The topological polar surface area (TPSA) is 84.2 Å². The molecular formula is C18H18F3N3O2. The minimum atomic E-state index is -4.46. The summed E-state index contributed by atoms with van der Waals surface area (Å²) in [5.41, 5.74) is 5.42. The van der Waals surface area contributed by atoms with E-state index < -0.39 is 29.6 Å². The van der Waals surface area contributed by atoms with Gasteiger partial charge in [0.2, 0.25) is 11.8 Å². The SMILES string of the molecule is Cc1ccc(NC(C)C(=O)Nc2ccc(C(N)=O)cc2)cc1C(F)(F)F. The first-order valence-corrected chi connectivity index (χ1v) is 7.73. The van der Waals surface area contributed by atoms with Gasteiger partial charge in [0.15, 0.2) is 0 Å². The molecule has 138 valence electrons. The lowest BCUT2D eigenvalue weighted by atomic mass is 10.1. The van der Waals surface area contributed by atoms with Gasteiger partial charge in [-0.3, -0.25) is 9.59 Å². The van der Waals surface area contributed by atoms with Crippen LogP contribution in [-0.2, 0) is 11.0 Å². The smallest absolute Gasteiger partial charge is 0.374 e. The number of hydrogen-bond donors (Lipinski definition) is 3. The summed E-state index contributed by atoms with van der Waals surface area (Å²) in [5, 5.41) is 5.35. The predicted molar refractivity (Wildman–Crippen MR) is 92.9 cm³/mol. The molecule has 0 bridgehead atoms. The number of amides is 2. The molecule has 0 fully saturated rings. The van der Waals surface area contributed by atoms with Gasteiger partial charge in [0.25, 0.3) is 0 Å². The number of nitrogens with two attached hydrogens (primary N) is 1. The lowest BCUT2D eigenvalue weighted by molar-refractivity contribution is -0.138. The third-order valence-corrected chi connectivity index (χ3v) is 3.76. The summed E-state index contributed by atoms with van der Waals surface area (Å²) in [5.74, 6) is -1.02. The minimum Gasteiger partial charge on any atom is -0.374 e. The largest absolute Gasteiger partial charge is 0.416 e. The standard InChI is InChI=1S/C18H18F3N3O2/c1-10-3-6-14(9-15(10)18(19,20)21)23-11(2)17(26)24-13-7-4-12(5-8-13)16(22)25/h3-9,11,23H,1-2H3,(H2,22,25)(H,24,26). The molecule has 4 N–H and O–H groups in total. The van der Waals surface area contributed by atoms with Crippen LogP contribution in [0.4, 0.5) is 24.5 Å². The molecular weight excluding hydrogens is 347 g/mol. The molecule has 0 heterocycles. The Bertz CT molecular complexity index is 817. The van der Waals surface area contributed by atoms with Crippen molar-refractivity contribution in [3.05, 3.63) is 59.2 Å². The number of alkyl halides is 3. The van der Waals surface area contributed by atoms with Gasteiger partial charge in [-0.25, -0.2) is 0 Å². The Hall–Kier alpha value is -3.03. The molecule has 2 rings (SSSR count). The molecule has 0 aliphatic rings. The van der Waals surface area contributed by atoms with Crippen LogP contribution >= 0.6 is 0 Å². The fourth-order valence-corrected chi connectivity index (χ4v) is 2.30. The van der Waals surface area contributed by atoms with Crippen molar-refractivity contribution in [1.82, 2.24) is 0 Å². The Kier molecular flexibility index (Phi) is 5.54. The van der Waals surface area contributed by atoms with E-state index in [1.165, 1.54) is 50.2 Å². The first kappa shape index (κ1) is 19.3. The summed E-state index contributed by atoms with van der Waals surface area (Å²) in [6.07, 6.45) is -4.46. The van der Waals surface area contributed by atoms with E-state index in [1.807, 2.05) is 0 Å². The third kappa shape index (κ3) is 4.75. The van der Waals surface area contributed by atoms with E-state index >= 15 is 0 Å². The van der Waals surface area contributed by atoms with Crippen LogP contribution in [0.3, 0.4) is 0 Å². The van der Waals surface area contributed by atoms with Crippen LogP contribution in [0.1, 0.15) is 28.4 Å². The highest BCUT2D eigenvalue weighted by atomic mass is 19.4.